The number of esters is 1. The van der Waals surface area contributed by atoms with Gasteiger partial charge in [0.25, 0.3) is 0 Å². The van der Waals surface area contributed by atoms with E-state index in [1.807, 2.05) is 36.0 Å². The van der Waals surface area contributed by atoms with Crippen molar-refractivity contribution in [2.24, 2.45) is 0 Å². The molecule has 0 aliphatic heterocycles. The molecule has 2 aromatic heterocycles. The molecule has 3 rings (SSSR count). The molecule has 0 amide bonds. The van der Waals surface area contributed by atoms with E-state index < -0.39 is 0 Å². The summed E-state index contributed by atoms with van der Waals surface area (Å²) in [7, 11) is 0. The van der Waals surface area contributed by atoms with Crippen LogP contribution in [-0.4, -0.2) is 18.4 Å². The van der Waals surface area contributed by atoms with Gasteiger partial charge < -0.3 is 4.74 Å². The maximum atomic E-state index is 13.1. The fraction of sp³-hybridized carbons (Fsp3) is 0.190. The normalized spacial score (nSPS) is 10.7. The average Bonchev–Trinajstić information content (AvgIpc) is 2.98. The van der Waals surface area contributed by atoms with Crippen molar-refractivity contribution in [3.05, 3.63) is 75.4 Å². The van der Waals surface area contributed by atoms with Gasteiger partial charge in [0, 0.05) is 22.7 Å². The number of nitrogens with zero attached hydrogens (tertiary/aromatic N) is 1. The van der Waals surface area contributed by atoms with Crippen LogP contribution in [-0.2, 0) is 16.0 Å². The maximum Gasteiger partial charge on any atom is 0.310 e. The second-order valence-electron chi connectivity index (χ2n) is 6.16. The van der Waals surface area contributed by atoms with Gasteiger partial charge in [-0.3, -0.25) is 9.59 Å². The Morgan fingerprint density at radius 2 is 1.79 bits per heavy atom. The molecule has 0 N–H and O–H groups in total. The molecule has 0 spiro atoms. The number of halogens is 1. The van der Waals surface area contributed by atoms with Gasteiger partial charge in [-0.15, -0.1) is 24.0 Å². The number of aryl methyl sites for hydroxylation is 1. The monoisotopic (exact) mass is 432 g/mol. The van der Waals surface area contributed by atoms with Crippen molar-refractivity contribution in [3.63, 3.8) is 0 Å². The van der Waals surface area contributed by atoms with Crippen LogP contribution in [0.1, 0.15) is 33.3 Å². The van der Waals surface area contributed by atoms with E-state index >= 15 is 0 Å². The molecule has 0 saturated carbocycles. The number of thiophene rings is 1. The SMILES string of the molecule is CCOC(=O)Cc1c(C(=O)c2ccc(Cl)cc2)sc(S)c1-[n+]1ccc(C)cc1. The number of carbonyl (C=O) groups is 2. The summed E-state index contributed by atoms with van der Waals surface area (Å²) in [5, 5.41) is 0.556. The quantitative estimate of drug-likeness (QED) is 0.268. The molecule has 0 atom stereocenters. The molecule has 0 saturated heterocycles. The first-order valence-corrected chi connectivity index (χ1v) is 10.3. The van der Waals surface area contributed by atoms with Crippen molar-refractivity contribution >= 4 is 47.3 Å². The largest absolute Gasteiger partial charge is 0.466 e. The Labute approximate surface area is 178 Å². The smallest absolute Gasteiger partial charge is 0.310 e. The van der Waals surface area contributed by atoms with Gasteiger partial charge in [0.2, 0.25) is 11.5 Å². The van der Waals surface area contributed by atoms with Crippen LogP contribution in [0.2, 0.25) is 5.02 Å². The lowest BCUT2D eigenvalue weighted by Gasteiger charge is -2.05. The Kier molecular flexibility index (Phi) is 6.54. The topological polar surface area (TPSA) is 47.3 Å². The van der Waals surface area contributed by atoms with E-state index in [1.54, 1.807) is 31.2 Å². The maximum absolute atomic E-state index is 13.1. The highest BCUT2D eigenvalue weighted by atomic mass is 35.5. The van der Waals surface area contributed by atoms with Gasteiger partial charge in [-0.05, 0) is 43.7 Å². The first-order valence-electron chi connectivity index (χ1n) is 8.69. The summed E-state index contributed by atoms with van der Waals surface area (Å²) in [6, 6.07) is 10.6. The summed E-state index contributed by atoms with van der Waals surface area (Å²) in [6.07, 6.45) is 3.78. The van der Waals surface area contributed by atoms with Crippen molar-refractivity contribution in [1.82, 2.24) is 0 Å². The molecule has 0 radical (unpaired) electrons. The molecule has 3 aromatic rings. The molecule has 4 nitrogen and oxygen atoms in total. The average molecular weight is 433 g/mol. The van der Waals surface area contributed by atoms with Gasteiger partial charge in [-0.1, -0.05) is 11.6 Å². The zero-order chi connectivity index (χ0) is 20.3. The summed E-state index contributed by atoms with van der Waals surface area (Å²) < 4.78 is 7.66. The number of hydrogen-bond donors (Lipinski definition) is 1. The van der Waals surface area contributed by atoms with Crippen LogP contribution in [0.5, 0.6) is 0 Å². The predicted octanol–water partition coefficient (Wildman–Crippen LogP) is 4.61. The molecular formula is C21H19ClNO3S2+. The summed E-state index contributed by atoms with van der Waals surface area (Å²) >= 11 is 11.8. The second-order valence-corrected chi connectivity index (χ2v) is 8.37. The van der Waals surface area contributed by atoms with Gasteiger partial charge in [0.1, 0.15) is 4.21 Å². The van der Waals surface area contributed by atoms with Crippen LogP contribution < -0.4 is 4.57 Å². The molecule has 2 heterocycles. The molecule has 7 heteroatoms. The molecule has 0 aliphatic rings. The fourth-order valence-electron chi connectivity index (χ4n) is 2.80. The zero-order valence-electron chi connectivity index (χ0n) is 15.4. The number of ether oxygens (including phenoxy) is 1. The Morgan fingerprint density at radius 3 is 2.39 bits per heavy atom. The predicted molar refractivity (Wildman–Crippen MR) is 113 cm³/mol. The van der Waals surface area contributed by atoms with Gasteiger partial charge in [0.15, 0.2) is 12.4 Å². The number of pyridine rings is 1. The van der Waals surface area contributed by atoms with E-state index in [0.29, 0.717) is 25.2 Å². The first kappa shape index (κ1) is 20.6. The number of aromatic nitrogens is 1. The van der Waals surface area contributed by atoms with Crippen molar-refractivity contribution in [1.29, 1.82) is 0 Å². The Bertz CT molecular complexity index is 1010. The third-order valence-corrected chi connectivity index (χ3v) is 5.91. The summed E-state index contributed by atoms with van der Waals surface area (Å²) in [4.78, 5) is 25.9. The van der Waals surface area contributed by atoms with Crippen molar-refractivity contribution in [2.75, 3.05) is 6.61 Å². The van der Waals surface area contributed by atoms with Gasteiger partial charge in [-0.25, -0.2) is 0 Å². The highest BCUT2D eigenvalue weighted by Crippen LogP contribution is 2.34. The molecule has 1 aromatic carbocycles. The number of hydrogen-bond acceptors (Lipinski definition) is 5. The van der Waals surface area contributed by atoms with Gasteiger partial charge in [-0.2, -0.15) is 4.57 Å². The summed E-state index contributed by atoms with van der Waals surface area (Å²) in [5.41, 5.74) is 2.95. The van der Waals surface area contributed by atoms with E-state index in [1.165, 1.54) is 11.3 Å². The van der Waals surface area contributed by atoms with E-state index in [2.05, 4.69) is 12.6 Å². The molecule has 0 bridgehead atoms. The number of rotatable bonds is 6. The molecule has 144 valence electrons. The number of thiol groups is 1. The standard InChI is InChI=1S/C21H18ClNO3S2/c1-3-26-17(24)12-16-18(23-10-8-13(2)9-11-23)21(27)28-20(16)19(25)14-4-6-15(22)7-5-14/h4-11H,3,12H2,1-2H3/p+1. The minimum Gasteiger partial charge on any atom is -0.466 e. The van der Waals surface area contributed by atoms with Crippen molar-refractivity contribution in [2.45, 2.75) is 24.5 Å². The van der Waals surface area contributed by atoms with Gasteiger partial charge in [0.05, 0.1) is 23.5 Å². The van der Waals surface area contributed by atoms with Crippen molar-refractivity contribution in [3.8, 4) is 5.69 Å². The van der Waals surface area contributed by atoms with Crippen LogP contribution in [0.15, 0.2) is 53.0 Å². The minimum absolute atomic E-state index is 0.00419. The minimum atomic E-state index is -0.382. The summed E-state index contributed by atoms with van der Waals surface area (Å²) in [6.45, 7) is 4.03. The van der Waals surface area contributed by atoms with Crippen molar-refractivity contribution < 1.29 is 18.9 Å². The number of ketones is 1. The Balaban J connectivity index is 2.12. The fourth-order valence-corrected chi connectivity index (χ4v) is 4.47. The van der Waals surface area contributed by atoms with E-state index in [9.17, 15) is 9.59 Å². The van der Waals surface area contributed by atoms with Crippen LogP contribution >= 0.6 is 35.6 Å². The molecule has 28 heavy (non-hydrogen) atoms. The van der Waals surface area contributed by atoms with Crippen LogP contribution in [0.4, 0.5) is 0 Å². The van der Waals surface area contributed by atoms with Crippen LogP contribution in [0, 0.1) is 6.92 Å². The number of benzene rings is 1. The Morgan fingerprint density at radius 1 is 1.14 bits per heavy atom. The zero-order valence-corrected chi connectivity index (χ0v) is 17.9. The lowest BCUT2D eigenvalue weighted by atomic mass is 10.0. The van der Waals surface area contributed by atoms with Crippen LogP contribution in [0.3, 0.4) is 0 Å². The summed E-state index contributed by atoms with van der Waals surface area (Å²) in [5.74, 6) is -0.553. The lowest BCUT2D eigenvalue weighted by Crippen LogP contribution is -2.31. The Hall–Kier alpha value is -2.15. The second kappa shape index (κ2) is 8.90. The molecule has 0 unspecified atom stereocenters. The lowest BCUT2D eigenvalue weighted by molar-refractivity contribution is -0.598. The molecule has 0 fully saturated rings. The molecular weight excluding hydrogens is 414 g/mol. The highest BCUT2D eigenvalue weighted by Gasteiger charge is 2.30. The van der Waals surface area contributed by atoms with E-state index in [0.717, 1.165) is 11.3 Å². The first-order chi connectivity index (χ1) is 13.4. The van der Waals surface area contributed by atoms with Gasteiger partial charge >= 0.3 is 5.97 Å². The van der Waals surface area contributed by atoms with E-state index in [-0.39, 0.29) is 24.8 Å². The van der Waals surface area contributed by atoms with E-state index in [4.69, 9.17) is 16.3 Å². The third kappa shape index (κ3) is 4.46. The highest BCUT2D eigenvalue weighted by molar-refractivity contribution is 7.83. The molecule has 0 aliphatic carbocycles. The van der Waals surface area contributed by atoms with Crippen LogP contribution in [0.25, 0.3) is 5.69 Å². The third-order valence-electron chi connectivity index (χ3n) is 4.15. The number of carbonyl (C=O) groups excluding carboxylic acids is 2.